The van der Waals surface area contributed by atoms with Crippen LogP contribution in [0.15, 0.2) is 63.3 Å². The number of anilines is 2. The Balaban J connectivity index is 1.72. The Bertz CT molecular complexity index is 2200. The Morgan fingerprint density at radius 1 is 0.727 bits per heavy atom. The summed E-state index contributed by atoms with van der Waals surface area (Å²) in [6.07, 6.45) is 1.41. The molecule has 286 valence electrons. The monoisotopic (exact) mass is 772 g/mol. The molecule has 0 bridgehead atoms. The first-order valence-corrected chi connectivity index (χ1v) is 17.1. The molecule has 4 aromatic rings. The zero-order chi connectivity index (χ0) is 40.1. The second-order valence-corrected chi connectivity index (χ2v) is 12.6. The molecule has 0 saturated carbocycles. The number of nitrogens with zero attached hydrogens (tertiary/aromatic N) is 4. The Kier molecular flexibility index (Phi) is 14.4. The molecule has 0 N–H and O–H groups in total. The van der Waals surface area contributed by atoms with Gasteiger partial charge >= 0.3 is 29.5 Å². The van der Waals surface area contributed by atoms with E-state index in [4.69, 9.17) is 43.4 Å². The molecule has 0 saturated heterocycles. The summed E-state index contributed by atoms with van der Waals surface area (Å²) in [5.74, 6) is -2.02. The van der Waals surface area contributed by atoms with E-state index in [0.29, 0.717) is 26.6 Å². The number of carbonyl (C=O) groups excluding carboxylic acids is 4. The van der Waals surface area contributed by atoms with E-state index in [1.54, 1.807) is 54.6 Å². The highest BCUT2D eigenvalue weighted by molar-refractivity contribution is 7.16. The maximum atomic E-state index is 13.2. The van der Waals surface area contributed by atoms with E-state index in [1.165, 1.54) is 61.7 Å². The molecule has 0 unspecified atom stereocenters. The number of rotatable bonds is 17. The Morgan fingerprint density at radius 3 is 1.78 bits per heavy atom. The number of ether oxygens (including phenoxy) is 6. The van der Waals surface area contributed by atoms with Crippen molar-refractivity contribution in [2.24, 2.45) is 0 Å². The van der Waals surface area contributed by atoms with Gasteiger partial charge in [0.25, 0.3) is 0 Å². The highest BCUT2D eigenvalue weighted by Gasteiger charge is 2.24. The van der Waals surface area contributed by atoms with Gasteiger partial charge in [0.2, 0.25) is 0 Å². The Morgan fingerprint density at radius 2 is 1.25 bits per heavy atom. The van der Waals surface area contributed by atoms with E-state index < -0.39 is 42.6 Å². The summed E-state index contributed by atoms with van der Waals surface area (Å²) in [5.41, 5.74) is 0.971. The molecule has 0 amide bonds. The molecule has 0 aliphatic rings. The number of benzene rings is 2. The summed E-state index contributed by atoms with van der Waals surface area (Å²) in [5, 5.41) is 18.7. The van der Waals surface area contributed by atoms with E-state index in [2.05, 4.69) is 0 Å². The lowest BCUT2D eigenvalue weighted by Crippen LogP contribution is -2.36. The van der Waals surface area contributed by atoms with Crippen LogP contribution in [0, 0.1) is 29.6 Å². The van der Waals surface area contributed by atoms with Gasteiger partial charge in [0.1, 0.15) is 74.2 Å². The fraction of sp³-hybridized carbons (Fsp3) is 0.289. The van der Waals surface area contributed by atoms with Crippen LogP contribution >= 0.6 is 11.3 Å². The van der Waals surface area contributed by atoms with Crippen LogP contribution in [0.2, 0.25) is 0 Å². The minimum atomic E-state index is -0.687. The van der Waals surface area contributed by atoms with Crippen LogP contribution in [0.1, 0.15) is 10.4 Å². The van der Waals surface area contributed by atoms with Gasteiger partial charge in [-0.05, 0) is 55.0 Å². The molecule has 0 spiro atoms. The Labute approximate surface area is 319 Å². The Hall–Kier alpha value is -6.85. The lowest BCUT2D eigenvalue weighted by molar-refractivity contribution is -0.141. The van der Waals surface area contributed by atoms with Crippen LogP contribution in [0.4, 0.5) is 11.4 Å². The van der Waals surface area contributed by atoms with Gasteiger partial charge < -0.3 is 42.6 Å². The first kappa shape index (κ1) is 40.9. The number of nitriles is 2. The van der Waals surface area contributed by atoms with Crippen molar-refractivity contribution < 1.29 is 52.0 Å². The summed E-state index contributed by atoms with van der Waals surface area (Å²) >= 11 is 1.17. The van der Waals surface area contributed by atoms with Crippen molar-refractivity contribution in [2.75, 3.05) is 77.6 Å². The second kappa shape index (κ2) is 19.3. The van der Waals surface area contributed by atoms with Crippen LogP contribution in [0.25, 0.3) is 27.5 Å². The maximum Gasteiger partial charge on any atom is 0.345 e. The molecular weight excluding hydrogens is 737 g/mol. The third-order valence-electron chi connectivity index (χ3n) is 7.82. The third kappa shape index (κ3) is 10.8. The van der Waals surface area contributed by atoms with Gasteiger partial charge in [0.05, 0.1) is 45.4 Å². The molecule has 55 heavy (non-hydrogen) atoms. The molecular formula is C38H36N4O12S. The van der Waals surface area contributed by atoms with Crippen molar-refractivity contribution in [3.8, 4) is 34.1 Å². The highest BCUT2D eigenvalue weighted by atomic mass is 32.1. The van der Waals surface area contributed by atoms with Crippen LogP contribution < -0.4 is 24.9 Å². The summed E-state index contributed by atoms with van der Waals surface area (Å²) in [6, 6.07) is 16.7. The van der Waals surface area contributed by atoms with Crippen molar-refractivity contribution in [2.45, 2.75) is 6.92 Å². The van der Waals surface area contributed by atoms with Crippen LogP contribution in [0.5, 0.6) is 11.5 Å². The molecule has 2 aromatic carbocycles. The number of esters is 4. The van der Waals surface area contributed by atoms with Gasteiger partial charge in [0.15, 0.2) is 0 Å². The van der Waals surface area contributed by atoms with Crippen LogP contribution in [0.3, 0.4) is 0 Å². The standard InChI is InChI=1S/C38H36N4O12S/c1-23-6-8-28(41(19-34(43)48-2)20-35(44)49-3)31(12-23)52-10-11-53-32-15-25-14-27(33-9-7-26(55-33)13-24(17-39)18-40)38(47)54-30(25)16-29(32)42(21-36(45)50-4)22-37(46)51-5/h6-9,12-16H,10-11,19-22H2,1-5H3. The highest BCUT2D eigenvalue weighted by Crippen LogP contribution is 2.36. The maximum absolute atomic E-state index is 13.2. The fourth-order valence-corrected chi connectivity index (χ4v) is 6.07. The van der Waals surface area contributed by atoms with E-state index in [0.717, 1.165) is 5.56 Å². The average Bonchev–Trinajstić information content (AvgIpc) is 3.65. The van der Waals surface area contributed by atoms with E-state index >= 15 is 0 Å². The van der Waals surface area contributed by atoms with Crippen molar-refractivity contribution in [3.63, 3.8) is 0 Å². The fourth-order valence-electron chi connectivity index (χ4n) is 5.11. The summed E-state index contributed by atoms with van der Waals surface area (Å²) < 4.78 is 37.3. The van der Waals surface area contributed by atoms with E-state index in [9.17, 15) is 24.0 Å². The molecule has 2 heterocycles. The number of allylic oxidation sites excluding steroid dienone is 1. The molecule has 0 aliphatic heterocycles. The molecule has 0 aliphatic carbocycles. The van der Waals surface area contributed by atoms with Gasteiger partial charge in [-0.2, -0.15) is 10.5 Å². The number of hydrogen-bond donors (Lipinski definition) is 0. The summed E-state index contributed by atoms with van der Waals surface area (Å²) in [7, 11) is 4.85. The largest absolute Gasteiger partial charge is 0.488 e. The normalized spacial score (nSPS) is 10.3. The minimum Gasteiger partial charge on any atom is -0.488 e. The number of methoxy groups -OCH3 is 4. The zero-order valence-electron chi connectivity index (χ0n) is 30.5. The quantitative estimate of drug-likeness (QED) is 0.0488. The SMILES string of the molecule is COC(=O)CN(CC(=O)OC)c1ccc(C)cc1OCCOc1cc2cc(-c3ccc(C=C(C#N)C#N)s3)c(=O)oc2cc1N(CC(=O)OC)CC(=O)OC. The van der Waals surface area contributed by atoms with Gasteiger partial charge in [-0.1, -0.05) is 6.07 Å². The van der Waals surface area contributed by atoms with Crippen molar-refractivity contribution in [3.05, 3.63) is 75.0 Å². The number of fused-ring (bicyclic) bond motifs is 1. The summed E-state index contributed by atoms with van der Waals surface area (Å²) in [6.45, 7) is 0.380. The lowest BCUT2D eigenvalue weighted by atomic mass is 10.1. The third-order valence-corrected chi connectivity index (χ3v) is 8.88. The van der Waals surface area contributed by atoms with Crippen LogP contribution in [-0.2, 0) is 38.1 Å². The molecule has 0 fully saturated rings. The summed E-state index contributed by atoms with van der Waals surface area (Å²) in [4.78, 5) is 66.5. The molecule has 2 aromatic heterocycles. The van der Waals surface area contributed by atoms with Crippen LogP contribution in [-0.4, -0.2) is 91.7 Å². The van der Waals surface area contributed by atoms with E-state index in [-0.39, 0.29) is 54.5 Å². The number of thiophene rings is 1. The number of aryl methyl sites for hydroxylation is 1. The van der Waals surface area contributed by atoms with Gasteiger partial charge in [-0.25, -0.2) is 4.79 Å². The topological polar surface area (TPSA) is 208 Å². The smallest absolute Gasteiger partial charge is 0.345 e. The molecule has 4 rings (SSSR count). The number of hydrogen-bond acceptors (Lipinski definition) is 17. The minimum absolute atomic E-state index is 0.0553. The first-order chi connectivity index (χ1) is 26.4. The van der Waals surface area contributed by atoms with Gasteiger partial charge in [-0.3, -0.25) is 19.2 Å². The lowest BCUT2D eigenvalue weighted by Gasteiger charge is -2.26. The zero-order valence-corrected chi connectivity index (χ0v) is 31.4. The second-order valence-electron chi connectivity index (χ2n) is 11.5. The predicted octanol–water partition coefficient (Wildman–Crippen LogP) is 4.02. The van der Waals surface area contributed by atoms with Gasteiger partial charge in [0, 0.05) is 21.2 Å². The van der Waals surface area contributed by atoms with Crippen molar-refractivity contribution in [1.29, 1.82) is 10.5 Å². The van der Waals surface area contributed by atoms with Crippen molar-refractivity contribution >= 4 is 63.6 Å². The first-order valence-electron chi connectivity index (χ1n) is 16.3. The number of carbonyl (C=O) groups is 4. The van der Waals surface area contributed by atoms with Gasteiger partial charge in [-0.15, -0.1) is 11.3 Å². The average molecular weight is 773 g/mol. The molecule has 0 radical (unpaired) electrons. The molecule has 0 atom stereocenters. The van der Waals surface area contributed by atoms with Crippen molar-refractivity contribution in [1.82, 2.24) is 0 Å². The van der Waals surface area contributed by atoms with E-state index in [1.807, 2.05) is 6.92 Å². The molecule has 16 nitrogen and oxygen atoms in total. The predicted molar refractivity (Wildman–Crippen MR) is 200 cm³/mol. The molecule has 17 heteroatoms.